The van der Waals surface area contributed by atoms with Crippen LogP contribution in [0.3, 0.4) is 0 Å². The van der Waals surface area contributed by atoms with Gasteiger partial charge in [0.1, 0.15) is 11.4 Å². The predicted octanol–water partition coefficient (Wildman–Crippen LogP) is 2.42. The molecule has 164 valence electrons. The predicted molar refractivity (Wildman–Crippen MR) is 126 cm³/mol. The van der Waals surface area contributed by atoms with E-state index in [9.17, 15) is 9.59 Å². The minimum absolute atomic E-state index is 0. The average molecular weight is 520 g/mol. The van der Waals surface area contributed by atoms with Crippen LogP contribution in [0.15, 0.2) is 23.3 Å². The molecule has 0 fully saturated rings. The zero-order valence-electron chi connectivity index (χ0n) is 17.8. The van der Waals surface area contributed by atoms with Crippen LogP contribution in [-0.4, -0.2) is 54.7 Å². The van der Waals surface area contributed by atoms with Crippen molar-refractivity contribution in [1.29, 1.82) is 0 Å². The van der Waals surface area contributed by atoms with Crippen LogP contribution in [0.5, 0.6) is 0 Å². The fourth-order valence-electron chi connectivity index (χ4n) is 2.02. The molecular formula is C19H33IN6O3. The van der Waals surface area contributed by atoms with Crippen molar-refractivity contribution in [2.75, 3.05) is 31.5 Å². The molecule has 0 bridgehead atoms. The first-order valence-corrected chi connectivity index (χ1v) is 9.41. The van der Waals surface area contributed by atoms with Crippen molar-refractivity contribution in [3.63, 3.8) is 0 Å². The second-order valence-electron chi connectivity index (χ2n) is 7.14. The Labute approximate surface area is 189 Å². The van der Waals surface area contributed by atoms with Crippen LogP contribution >= 0.6 is 24.0 Å². The number of hydrogen-bond acceptors (Lipinski definition) is 5. The van der Waals surface area contributed by atoms with E-state index in [1.165, 1.54) is 0 Å². The Kier molecular flexibility index (Phi) is 12.9. The second kappa shape index (κ2) is 14.0. The lowest BCUT2D eigenvalue weighted by Crippen LogP contribution is -2.42. The Bertz CT molecular complexity index is 659. The number of rotatable bonds is 8. The number of ether oxygens (including phenoxy) is 1. The number of aliphatic imine (C=N–C) groups is 1. The van der Waals surface area contributed by atoms with E-state index in [1.807, 2.05) is 40.7 Å². The third-order valence-electron chi connectivity index (χ3n) is 3.22. The number of carbonyl (C=O) groups is 2. The number of aromatic nitrogens is 1. The molecular weight excluding hydrogens is 487 g/mol. The number of nitrogens with one attached hydrogen (secondary N) is 4. The topological polar surface area (TPSA) is 117 Å². The molecule has 1 rings (SSSR count). The number of amides is 2. The molecule has 10 heteroatoms. The van der Waals surface area contributed by atoms with Crippen molar-refractivity contribution in [2.24, 2.45) is 4.99 Å². The first-order valence-electron chi connectivity index (χ1n) is 9.41. The van der Waals surface area contributed by atoms with E-state index in [0.29, 0.717) is 38.0 Å². The van der Waals surface area contributed by atoms with E-state index in [4.69, 9.17) is 4.74 Å². The molecule has 0 atom stereocenters. The molecule has 0 saturated carbocycles. The maximum absolute atomic E-state index is 12.0. The minimum atomic E-state index is -0.525. The lowest BCUT2D eigenvalue weighted by atomic mass is 10.2. The van der Waals surface area contributed by atoms with Gasteiger partial charge < -0.3 is 26.0 Å². The number of aryl methyl sites for hydroxylation is 1. The molecule has 9 nitrogen and oxygen atoms in total. The summed E-state index contributed by atoms with van der Waals surface area (Å²) in [4.78, 5) is 32.0. The van der Waals surface area contributed by atoms with Crippen LogP contribution in [-0.2, 0) is 9.53 Å². The Morgan fingerprint density at radius 2 is 1.83 bits per heavy atom. The van der Waals surface area contributed by atoms with Gasteiger partial charge in [-0.05, 0) is 46.2 Å². The Balaban J connectivity index is 0.00000784. The van der Waals surface area contributed by atoms with E-state index in [1.54, 1.807) is 12.3 Å². The number of carbonyl (C=O) groups excluding carboxylic acids is 2. The van der Waals surface area contributed by atoms with Gasteiger partial charge in [-0.15, -0.1) is 24.0 Å². The third kappa shape index (κ3) is 13.7. The molecule has 0 radical (unpaired) electrons. The molecule has 0 saturated heterocycles. The van der Waals surface area contributed by atoms with Crippen molar-refractivity contribution in [2.45, 2.75) is 46.6 Å². The Morgan fingerprint density at radius 3 is 2.41 bits per heavy atom. The van der Waals surface area contributed by atoms with Gasteiger partial charge in [-0.2, -0.15) is 0 Å². The van der Waals surface area contributed by atoms with Gasteiger partial charge >= 0.3 is 6.09 Å². The summed E-state index contributed by atoms with van der Waals surface area (Å²) in [5.41, 5.74) is 0.507. The van der Waals surface area contributed by atoms with E-state index in [0.717, 1.165) is 5.56 Å². The second-order valence-corrected chi connectivity index (χ2v) is 7.14. The van der Waals surface area contributed by atoms with Gasteiger partial charge in [-0.3, -0.25) is 9.79 Å². The van der Waals surface area contributed by atoms with Crippen LogP contribution in [0.1, 0.15) is 39.7 Å². The molecule has 0 spiro atoms. The van der Waals surface area contributed by atoms with Crippen molar-refractivity contribution < 1.29 is 14.3 Å². The van der Waals surface area contributed by atoms with Crippen LogP contribution in [0.25, 0.3) is 0 Å². The monoisotopic (exact) mass is 520 g/mol. The number of guanidine groups is 1. The van der Waals surface area contributed by atoms with Gasteiger partial charge in [0.05, 0.1) is 6.54 Å². The summed E-state index contributed by atoms with van der Waals surface area (Å²) in [7, 11) is 0. The maximum Gasteiger partial charge on any atom is 0.407 e. The number of halogens is 1. The molecule has 0 aliphatic heterocycles. The standard InChI is InChI=1S/C19H32N6O3.HI/c1-6-20-17(22-11-12-23-18(27)28-19(3,4)5)21-10-9-16(26)25-15-8-7-14(2)13-24-15;/h7-8,13H,6,9-12H2,1-5H3,(H,23,27)(H2,20,21,22)(H,24,25,26);1H. The summed E-state index contributed by atoms with van der Waals surface area (Å²) in [6, 6.07) is 3.65. The molecule has 4 N–H and O–H groups in total. The molecule has 0 aromatic carbocycles. The molecule has 1 heterocycles. The molecule has 2 amide bonds. The highest BCUT2D eigenvalue weighted by atomic mass is 127. The fourth-order valence-corrected chi connectivity index (χ4v) is 2.02. The molecule has 0 aliphatic carbocycles. The lowest BCUT2D eigenvalue weighted by molar-refractivity contribution is -0.116. The molecule has 1 aromatic rings. The van der Waals surface area contributed by atoms with E-state index >= 15 is 0 Å². The fraction of sp³-hybridized carbons (Fsp3) is 0.579. The SMILES string of the molecule is CCNC(=NCCC(=O)Nc1ccc(C)cn1)NCCNC(=O)OC(C)(C)C.I. The number of anilines is 1. The summed E-state index contributed by atoms with van der Waals surface area (Å²) in [6.45, 7) is 11.2. The molecule has 1 aromatic heterocycles. The number of nitrogens with zero attached hydrogens (tertiary/aromatic N) is 2. The van der Waals surface area contributed by atoms with Crippen molar-refractivity contribution >= 4 is 47.8 Å². The lowest BCUT2D eigenvalue weighted by Gasteiger charge is -2.19. The summed E-state index contributed by atoms with van der Waals surface area (Å²) in [5, 5.41) is 11.6. The molecule has 0 aliphatic rings. The van der Waals surface area contributed by atoms with Gasteiger partial charge in [0.2, 0.25) is 5.91 Å². The maximum atomic E-state index is 12.0. The normalized spacial score (nSPS) is 11.1. The van der Waals surface area contributed by atoms with Crippen molar-refractivity contribution in [1.82, 2.24) is 20.9 Å². The van der Waals surface area contributed by atoms with Gasteiger partial charge in [-0.25, -0.2) is 9.78 Å². The first kappa shape index (κ1) is 26.9. The van der Waals surface area contributed by atoms with Crippen LogP contribution in [0, 0.1) is 6.92 Å². The summed E-state index contributed by atoms with van der Waals surface area (Å²) in [5.74, 6) is 0.954. The Hall–Kier alpha value is -2.11. The van der Waals surface area contributed by atoms with E-state index < -0.39 is 11.7 Å². The number of pyridine rings is 1. The van der Waals surface area contributed by atoms with Crippen LogP contribution in [0.2, 0.25) is 0 Å². The van der Waals surface area contributed by atoms with Crippen LogP contribution < -0.4 is 21.3 Å². The highest BCUT2D eigenvalue weighted by molar-refractivity contribution is 14.0. The van der Waals surface area contributed by atoms with E-state index in [2.05, 4.69) is 31.2 Å². The Morgan fingerprint density at radius 1 is 1.14 bits per heavy atom. The smallest absolute Gasteiger partial charge is 0.407 e. The molecule has 0 unspecified atom stereocenters. The highest BCUT2D eigenvalue weighted by Crippen LogP contribution is 2.06. The van der Waals surface area contributed by atoms with Gasteiger partial charge in [0, 0.05) is 32.3 Å². The quantitative estimate of drug-likeness (QED) is 0.181. The number of hydrogen-bond donors (Lipinski definition) is 4. The van der Waals surface area contributed by atoms with Crippen LogP contribution in [0.4, 0.5) is 10.6 Å². The summed E-state index contributed by atoms with van der Waals surface area (Å²) in [6.07, 6.45) is 1.48. The van der Waals surface area contributed by atoms with Gasteiger partial charge in [0.25, 0.3) is 0 Å². The highest BCUT2D eigenvalue weighted by Gasteiger charge is 2.15. The first-order chi connectivity index (χ1) is 13.2. The van der Waals surface area contributed by atoms with Gasteiger partial charge in [-0.1, -0.05) is 6.07 Å². The molecule has 29 heavy (non-hydrogen) atoms. The largest absolute Gasteiger partial charge is 0.444 e. The van der Waals surface area contributed by atoms with Crippen molar-refractivity contribution in [3.8, 4) is 0 Å². The average Bonchev–Trinajstić information content (AvgIpc) is 2.59. The van der Waals surface area contributed by atoms with E-state index in [-0.39, 0.29) is 36.3 Å². The zero-order valence-corrected chi connectivity index (χ0v) is 20.1. The van der Waals surface area contributed by atoms with Gasteiger partial charge in [0.15, 0.2) is 5.96 Å². The summed E-state index contributed by atoms with van der Waals surface area (Å²) < 4.78 is 5.17. The number of alkyl carbamates (subject to hydrolysis) is 1. The minimum Gasteiger partial charge on any atom is -0.444 e. The zero-order chi connectivity index (χ0) is 21.0. The van der Waals surface area contributed by atoms with Crippen molar-refractivity contribution in [3.05, 3.63) is 23.9 Å². The third-order valence-corrected chi connectivity index (χ3v) is 3.22. The summed E-state index contributed by atoms with van der Waals surface area (Å²) >= 11 is 0.